The molecule has 1 unspecified atom stereocenters. The van der Waals surface area contributed by atoms with Gasteiger partial charge in [0.15, 0.2) is 10.7 Å². The van der Waals surface area contributed by atoms with E-state index in [0.717, 1.165) is 0 Å². The first-order chi connectivity index (χ1) is 12.0. The second-order valence-electron chi connectivity index (χ2n) is 5.07. The number of rotatable bonds is 2. The fourth-order valence-corrected chi connectivity index (χ4v) is 3.47. The van der Waals surface area contributed by atoms with Gasteiger partial charge >= 0.3 is 0 Å². The van der Waals surface area contributed by atoms with Crippen molar-refractivity contribution in [1.82, 2.24) is 24.1 Å². The summed E-state index contributed by atoms with van der Waals surface area (Å²) >= 11 is 12.5. The Labute approximate surface area is 153 Å². The lowest BCUT2D eigenvalue weighted by molar-refractivity contribution is 0.680. The maximum absolute atomic E-state index is 13.1. The van der Waals surface area contributed by atoms with Gasteiger partial charge in [0.05, 0.1) is 28.3 Å². The minimum absolute atomic E-state index is 0.124. The van der Waals surface area contributed by atoms with Gasteiger partial charge in [0, 0.05) is 24.8 Å². The first kappa shape index (κ1) is 16.1. The van der Waals surface area contributed by atoms with E-state index in [1.54, 1.807) is 18.3 Å². The van der Waals surface area contributed by atoms with Gasteiger partial charge in [-0.15, -0.1) is 0 Å². The maximum atomic E-state index is 13.1. The molecule has 0 amide bonds. The Balaban J connectivity index is 2.19. The molecule has 0 radical (unpaired) electrons. The SMILES string of the molecule is CS(=O)c1ncc2c(=O)n(C3=C(Cl)C=C[C+]=C3Cl)n3ccnc3c2n1. The zero-order valence-electron chi connectivity index (χ0n) is 12.6. The standard InChI is InChI=1S/C15H8Cl2N5O2S/c1-25(24)15-19-7-8-11(20-15)13-18-5-6-21(13)22(14(8)23)12-9(16)3-2-4-10(12)17/h2-3,5-7H,1H3/q+1. The number of nitrogens with zero attached hydrogens (tertiary/aromatic N) is 5. The molecule has 0 fully saturated rings. The molecule has 0 spiro atoms. The van der Waals surface area contributed by atoms with Crippen molar-refractivity contribution in [2.45, 2.75) is 5.16 Å². The lowest BCUT2D eigenvalue weighted by Gasteiger charge is -2.11. The van der Waals surface area contributed by atoms with Crippen LogP contribution in [-0.2, 0) is 10.8 Å². The van der Waals surface area contributed by atoms with Crippen LogP contribution in [0, 0.1) is 6.08 Å². The first-order valence-corrected chi connectivity index (χ1v) is 9.25. The number of imidazole rings is 1. The van der Waals surface area contributed by atoms with Crippen molar-refractivity contribution in [3.05, 3.63) is 57.2 Å². The van der Waals surface area contributed by atoms with Crippen LogP contribution in [0.25, 0.3) is 22.2 Å². The summed E-state index contributed by atoms with van der Waals surface area (Å²) in [5, 5.41) is 0.811. The van der Waals surface area contributed by atoms with E-state index in [1.807, 2.05) is 0 Å². The van der Waals surface area contributed by atoms with Crippen molar-refractivity contribution in [2.24, 2.45) is 0 Å². The Morgan fingerprint density at radius 3 is 2.80 bits per heavy atom. The molecule has 1 atom stereocenters. The van der Waals surface area contributed by atoms with Gasteiger partial charge in [0.2, 0.25) is 15.9 Å². The van der Waals surface area contributed by atoms with Gasteiger partial charge in [-0.1, -0.05) is 11.6 Å². The van der Waals surface area contributed by atoms with Crippen LogP contribution in [0.3, 0.4) is 0 Å². The van der Waals surface area contributed by atoms with Gasteiger partial charge in [0.1, 0.15) is 11.6 Å². The highest BCUT2D eigenvalue weighted by Gasteiger charge is 2.27. The highest BCUT2D eigenvalue weighted by molar-refractivity contribution is 7.84. The first-order valence-electron chi connectivity index (χ1n) is 6.93. The number of allylic oxidation sites excluding steroid dienone is 6. The molecule has 1 aliphatic rings. The molecule has 0 bridgehead atoms. The smallest absolute Gasteiger partial charge is 0.265 e. The number of fused-ring (bicyclic) bond motifs is 3. The topological polar surface area (TPSA) is 82.2 Å². The Bertz CT molecular complexity index is 1220. The van der Waals surface area contributed by atoms with Gasteiger partial charge in [-0.3, -0.25) is 9.00 Å². The molecule has 0 aliphatic heterocycles. The number of hydrogen-bond acceptors (Lipinski definition) is 5. The van der Waals surface area contributed by atoms with Gasteiger partial charge in [-0.25, -0.2) is 19.5 Å². The molecule has 0 N–H and O–H groups in total. The van der Waals surface area contributed by atoms with E-state index in [9.17, 15) is 9.00 Å². The molecule has 1 aliphatic carbocycles. The number of hydrogen-bond donors (Lipinski definition) is 0. The Morgan fingerprint density at radius 1 is 1.28 bits per heavy atom. The van der Waals surface area contributed by atoms with Crippen molar-refractivity contribution in [1.29, 1.82) is 0 Å². The van der Waals surface area contributed by atoms with Crippen molar-refractivity contribution in [3.63, 3.8) is 0 Å². The lowest BCUT2D eigenvalue weighted by Crippen LogP contribution is -2.27. The third kappa shape index (κ3) is 2.42. The van der Waals surface area contributed by atoms with E-state index in [1.165, 1.54) is 27.8 Å². The summed E-state index contributed by atoms with van der Waals surface area (Å²) < 4.78 is 14.4. The predicted octanol–water partition coefficient (Wildman–Crippen LogP) is 2.08. The van der Waals surface area contributed by atoms with Gasteiger partial charge in [0.25, 0.3) is 5.56 Å². The van der Waals surface area contributed by atoms with Crippen molar-refractivity contribution >= 4 is 56.2 Å². The Hall–Kier alpha value is -2.38. The summed E-state index contributed by atoms with van der Waals surface area (Å²) in [4.78, 5) is 25.5. The molecule has 3 heterocycles. The Morgan fingerprint density at radius 2 is 2.08 bits per heavy atom. The van der Waals surface area contributed by atoms with E-state index >= 15 is 0 Å². The molecule has 4 rings (SSSR count). The summed E-state index contributed by atoms with van der Waals surface area (Å²) in [6.07, 6.45) is 11.9. The van der Waals surface area contributed by atoms with Crippen molar-refractivity contribution in [3.8, 4) is 0 Å². The van der Waals surface area contributed by atoms with E-state index in [0.29, 0.717) is 11.2 Å². The number of halogens is 2. The molecular formula is C15H8Cl2N5O2S+. The summed E-state index contributed by atoms with van der Waals surface area (Å²) in [5.74, 6) is 0. The van der Waals surface area contributed by atoms with Crippen LogP contribution in [-0.4, -0.2) is 34.6 Å². The highest BCUT2D eigenvalue weighted by atomic mass is 35.5. The summed E-state index contributed by atoms with van der Waals surface area (Å²) in [5.41, 5.74) is 0.541. The second-order valence-corrected chi connectivity index (χ2v) is 7.13. The fraction of sp³-hybridized carbons (Fsp3) is 0.0667. The average Bonchev–Trinajstić information content (AvgIpc) is 3.06. The van der Waals surface area contributed by atoms with Crippen LogP contribution in [0.2, 0.25) is 0 Å². The molecule has 3 aromatic rings. The minimum atomic E-state index is -1.39. The average molecular weight is 393 g/mol. The summed E-state index contributed by atoms with van der Waals surface area (Å²) in [7, 11) is -1.39. The molecule has 7 nitrogen and oxygen atoms in total. The summed E-state index contributed by atoms with van der Waals surface area (Å²) in [6, 6.07) is 0. The van der Waals surface area contributed by atoms with E-state index < -0.39 is 16.4 Å². The lowest BCUT2D eigenvalue weighted by atomic mass is 10.2. The largest absolute Gasteiger partial charge is 0.293 e. The number of aromatic nitrogens is 5. The molecule has 124 valence electrons. The van der Waals surface area contributed by atoms with Crippen LogP contribution in [0.4, 0.5) is 0 Å². The maximum Gasteiger partial charge on any atom is 0.293 e. The van der Waals surface area contributed by atoms with Gasteiger partial charge < -0.3 is 0 Å². The van der Waals surface area contributed by atoms with E-state index in [2.05, 4.69) is 21.0 Å². The minimum Gasteiger partial charge on any atom is -0.265 e. The van der Waals surface area contributed by atoms with Crippen LogP contribution in [0.15, 0.2) is 50.8 Å². The van der Waals surface area contributed by atoms with E-state index in [-0.39, 0.29) is 26.3 Å². The second kappa shape index (κ2) is 5.86. The highest BCUT2D eigenvalue weighted by Crippen LogP contribution is 2.29. The predicted molar refractivity (Wildman–Crippen MR) is 95.7 cm³/mol. The molecule has 0 saturated heterocycles. The van der Waals surface area contributed by atoms with Gasteiger partial charge in [-0.05, 0) is 11.6 Å². The van der Waals surface area contributed by atoms with E-state index in [4.69, 9.17) is 23.2 Å². The normalized spacial score (nSPS) is 15.6. The van der Waals surface area contributed by atoms with Crippen LogP contribution in [0.5, 0.6) is 0 Å². The third-order valence-corrected chi connectivity index (χ3v) is 4.89. The molecular weight excluding hydrogens is 385 g/mol. The summed E-state index contributed by atoms with van der Waals surface area (Å²) in [6.45, 7) is 0. The molecule has 0 aromatic carbocycles. The fourth-order valence-electron chi connectivity index (χ4n) is 2.51. The van der Waals surface area contributed by atoms with Crippen molar-refractivity contribution < 1.29 is 4.21 Å². The molecule has 10 heteroatoms. The van der Waals surface area contributed by atoms with Gasteiger partial charge in [-0.2, -0.15) is 4.68 Å². The molecule has 3 aromatic heterocycles. The molecule has 25 heavy (non-hydrogen) atoms. The van der Waals surface area contributed by atoms with Crippen LogP contribution in [0.1, 0.15) is 0 Å². The quantitative estimate of drug-likeness (QED) is 0.492. The molecule has 0 saturated carbocycles. The van der Waals surface area contributed by atoms with Crippen LogP contribution < -0.4 is 5.56 Å². The van der Waals surface area contributed by atoms with Crippen LogP contribution >= 0.6 is 23.2 Å². The zero-order chi connectivity index (χ0) is 17.7. The monoisotopic (exact) mass is 392 g/mol. The Kier molecular flexibility index (Phi) is 3.77. The third-order valence-electron chi connectivity index (χ3n) is 3.58. The van der Waals surface area contributed by atoms with Crippen molar-refractivity contribution in [2.75, 3.05) is 6.26 Å². The zero-order valence-corrected chi connectivity index (χ0v) is 14.9.